The average molecular weight is 407 g/mol. The van der Waals surface area contributed by atoms with Gasteiger partial charge in [-0.2, -0.15) is 0 Å². The second kappa shape index (κ2) is 6.89. The molecule has 2 saturated carbocycles. The lowest BCUT2D eigenvalue weighted by molar-refractivity contribution is -0.148. The Kier molecular flexibility index (Phi) is 4.42. The predicted octanol–water partition coefficient (Wildman–Crippen LogP) is 2.55. The van der Waals surface area contributed by atoms with Crippen molar-refractivity contribution in [3.8, 4) is 0 Å². The highest BCUT2D eigenvalue weighted by atomic mass is 16.5. The number of hydrogen-bond donors (Lipinski definition) is 0. The van der Waals surface area contributed by atoms with E-state index in [2.05, 4.69) is 12.2 Å². The van der Waals surface area contributed by atoms with Gasteiger partial charge in [-0.1, -0.05) is 42.0 Å². The Bertz CT molecular complexity index is 928. The third-order valence-electron chi connectivity index (χ3n) is 7.31. The summed E-state index contributed by atoms with van der Waals surface area (Å²) in [7, 11) is 0. The lowest BCUT2D eigenvalue weighted by Crippen LogP contribution is -2.40. The van der Waals surface area contributed by atoms with Crippen molar-refractivity contribution in [3.05, 3.63) is 47.5 Å². The molecular formula is C24H25NO5. The molecule has 30 heavy (non-hydrogen) atoms. The standard InChI is InChI=1S/C24H25NO5/c1-12-3-5-14(6-4-12)22(27)13(2)30-19(26)9-10-25-23(28)20-15-7-8-16(18-11-17(15)18)21(20)24(25)29/h3-8,13,15-18,20-21H,9-11H2,1-2H3/t13-,15-,16-,17-,18+,20+,21+/m0/s1. The molecule has 7 atom stereocenters. The van der Waals surface area contributed by atoms with Crippen LogP contribution in [0.15, 0.2) is 36.4 Å². The Morgan fingerprint density at radius 3 is 2.17 bits per heavy atom. The van der Waals surface area contributed by atoms with Crippen LogP contribution in [-0.4, -0.2) is 41.1 Å². The van der Waals surface area contributed by atoms with E-state index in [1.165, 1.54) is 11.8 Å². The fourth-order valence-electron chi connectivity index (χ4n) is 5.70. The van der Waals surface area contributed by atoms with Crippen molar-refractivity contribution >= 4 is 23.6 Å². The number of carbonyl (C=O) groups excluding carboxylic acids is 4. The van der Waals surface area contributed by atoms with E-state index >= 15 is 0 Å². The molecule has 1 heterocycles. The van der Waals surface area contributed by atoms with Crippen LogP contribution in [0.25, 0.3) is 0 Å². The molecule has 0 unspecified atom stereocenters. The molecule has 6 heteroatoms. The van der Waals surface area contributed by atoms with E-state index in [9.17, 15) is 19.2 Å². The third kappa shape index (κ3) is 2.92. The molecule has 5 aliphatic rings. The smallest absolute Gasteiger partial charge is 0.308 e. The van der Waals surface area contributed by atoms with Crippen molar-refractivity contribution in [1.29, 1.82) is 0 Å². The van der Waals surface area contributed by atoms with Gasteiger partial charge < -0.3 is 4.74 Å². The molecule has 0 N–H and O–H groups in total. The number of Topliss-reactive ketones (excluding diaryl/α,β-unsaturated/α-hetero) is 1. The van der Waals surface area contributed by atoms with Crippen LogP contribution in [-0.2, 0) is 19.1 Å². The number of imide groups is 1. The van der Waals surface area contributed by atoms with E-state index in [0.717, 1.165) is 12.0 Å². The molecular weight excluding hydrogens is 382 g/mol. The normalized spacial score (nSPS) is 33.9. The summed E-state index contributed by atoms with van der Waals surface area (Å²) in [5.41, 5.74) is 1.52. The fourth-order valence-corrected chi connectivity index (χ4v) is 5.70. The molecule has 0 aromatic heterocycles. The molecule has 6 nitrogen and oxygen atoms in total. The number of benzene rings is 1. The highest BCUT2D eigenvalue weighted by Crippen LogP contribution is 2.65. The van der Waals surface area contributed by atoms with E-state index in [0.29, 0.717) is 17.4 Å². The van der Waals surface area contributed by atoms with Gasteiger partial charge in [0.1, 0.15) is 0 Å². The van der Waals surface area contributed by atoms with E-state index < -0.39 is 12.1 Å². The van der Waals surface area contributed by atoms with Gasteiger partial charge in [0.25, 0.3) is 0 Å². The first-order chi connectivity index (χ1) is 14.4. The van der Waals surface area contributed by atoms with Gasteiger partial charge in [0.2, 0.25) is 17.6 Å². The number of allylic oxidation sites excluding steroid dienone is 2. The number of esters is 1. The number of hydrogen-bond acceptors (Lipinski definition) is 5. The summed E-state index contributed by atoms with van der Waals surface area (Å²) < 4.78 is 5.27. The highest BCUT2D eigenvalue weighted by Gasteiger charge is 2.66. The molecule has 1 aromatic rings. The quantitative estimate of drug-likeness (QED) is 0.313. The SMILES string of the molecule is Cc1ccc(C(=O)[C@H](C)OC(=O)CCN2C(=O)[C@@H]3[C@H]4C=C[C@@H]([C@@H]5C[C@H]45)[C@H]3C2=O)cc1. The van der Waals surface area contributed by atoms with Crippen LogP contribution < -0.4 is 0 Å². The molecule has 0 radical (unpaired) electrons. The summed E-state index contributed by atoms with van der Waals surface area (Å²) in [6.45, 7) is 3.49. The molecule has 156 valence electrons. The zero-order chi connectivity index (χ0) is 21.2. The first kappa shape index (κ1) is 19.2. The van der Waals surface area contributed by atoms with Gasteiger partial charge in [-0.25, -0.2) is 0 Å². The van der Waals surface area contributed by atoms with Gasteiger partial charge in [0, 0.05) is 12.1 Å². The number of ketones is 1. The molecule has 3 fully saturated rings. The molecule has 1 aliphatic heterocycles. The number of amides is 2. The maximum absolute atomic E-state index is 12.9. The lowest BCUT2D eigenvalue weighted by atomic mass is 9.63. The Labute approximate surface area is 175 Å². The number of aryl methyl sites for hydroxylation is 1. The number of carbonyl (C=O) groups is 4. The van der Waals surface area contributed by atoms with Gasteiger partial charge >= 0.3 is 5.97 Å². The number of ether oxygens (including phenoxy) is 1. The van der Waals surface area contributed by atoms with Gasteiger partial charge in [-0.3, -0.25) is 24.1 Å². The van der Waals surface area contributed by atoms with E-state index in [-0.39, 0.29) is 54.2 Å². The van der Waals surface area contributed by atoms with Crippen LogP contribution in [0.5, 0.6) is 0 Å². The monoisotopic (exact) mass is 407 g/mol. The molecule has 2 amide bonds. The minimum Gasteiger partial charge on any atom is -0.454 e. The Morgan fingerprint density at radius 1 is 1.03 bits per heavy atom. The lowest BCUT2D eigenvalue weighted by Gasteiger charge is -2.37. The van der Waals surface area contributed by atoms with E-state index in [4.69, 9.17) is 4.74 Å². The molecule has 0 spiro atoms. The summed E-state index contributed by atoms with van der Waals surface area (Å²) in [6, 6.07) is 7.08. The Balaban J connectivity index is 1.18. The van der Waals surface area contributed by atoms with Gasteiger partial charge in [-0.05, 0) is 43.9 Å². The van der Waals surface area contributed by atoms with Crippen molar-refractivity contribution < 1.29 is 23.9 Å². The molecule has 1 aromatic carbocycles. The highest BCUT2D eigenvalue weighted by molar-refractivity contribution is 6.06. The van der Waals surface area contributed by atoms with Crippen molar-refractivity contribution in [1.82, 2.24) is 4.90 Å². The minimum atomic E-state index is -0.917. The molecule has 4 aliphatic carbocycles. The largest absolute Gasteiger partial charge is 0.454 e. The van der Waals surface area contributed by atoms with Gasteiger partial charge in [0.05, 0.1) is 18.3 Å². The molecule has 2 bridgehead atoms. The van der Waals surface area contributed by atoms with Crippen LogP contribution in [0.2, 0.25) is 0 Å². The van der Waals surface area contributed by atoms with Crippen LogP contribution in [0, 0.1) is 42.4 Å². The topological polar surface area (TPSA) is 80.8 Å². The summed E-state index contributed by atoms with van der Waals surface area (Å²) in [4.78, 5) is 51.8. The van der Waals surface area contributed by atoms with Crippen LogP contribution in [0.3, 0.4) is 0 Å². The second-order valence-corrected chi connectivity index (χ2v) is 9.10. The van der Waals surface area contributed by atoms with Crippen LogP contribution in [0.1, 0.15) is 35.7 Å². The minimum absolute atomic E-state index is 0.0176. The summed E-state index contributed by atoms with van der Waals surface area (Å²) in [5.74, 6) is -0.211. The summed E-state index contributed by atoms with van der Waals surface area (Å²) in [5, 5.41) is 0. The van der Waals surface area contributed by atoms with Gasteiger partial charge in [0.15, 0.2) is 6.10 Å². The van der Waals surface area contributed by atoms with Crippen molar-refractivity contribution in [3.63, 3.8) is 0 Å². The van der Waals surface area contributed by atoms with Crippen LogP contribution >= 0.6 is 0 Å². The first-order valence-corrected chi connectivity index (χ1v) is 10.7. The van der Waals surface area contributed by atoms with Crippen molar-refractivity contribution in [2.45, 2.75) is 32.8 Å². The molecule has 1 saturated heterocycles. The fraction of sp³-hybridized carbons (Fsp3) is 0.500. The van der Waals surface area contributed by atoms with Crippen molar-refractivity contribution in [2.24, 2.45) is 35.5 Å². The maximum atomic E-state index is 12.9. The number of likely N-dealkylation sites (tertiary alicyclic amines) is 1. The molecule has 6 rings (SSSR count). The average Bonchev–Trinajstić information content (AvgIpc) is 3.51. The van der Waals surface area contributed by atoms with Crippen LogP contribution in [0.4, 0.5) is 0 Å². The number of rotatable bonds is 6. The zero-order valence-electron chi connectivity index (χ0n) is 17.1. The predicted molar refractivity (Wildman–Crippen MR) is 107 cm³/mol. The maximum Gasteiger partial charge on any atom is 0.308 e. The van der Waals surface area contributed by atoms with Gasteiger partial charge in [-0.15, -0.1) is 0 Å². The summed E-state index contributed by atoms with van der Waals surface area (Å²) in [6.07, 6.45) is 4.36. The summed E-state index contributed by atoms with van der Waals surface area (Å²) >= 11 is 0. The second-order valence-electron chi connectivity index (χ2n) is 9.10. The Hall–Kier alpha value is -2.76. The number of nitrogens with zero attached hydrogens (tertiary/aromatic N) is 1. The van der Waals surface area contributed by atoms with Crippen molar-refractivity contribution in [2.75, 3.05) is 6.54 Å². The third-order valence-corrected chi connectivity index (χ3v) is 7.31. The van der Waals surface area contributed by atoms with E-state index in [1.807, 2.05) is 19.1 Å². The zero-order valence-corrected chi connectivity index (χ0v) is 17.1. The first-order valence-electron chi connectivity index (χ1n) is 10.7. The Morgan fingerprint density at radius 2 is 1.60 bits per heavy atom. The van der Waals surface area contributed by atoms with E-state index in [1.54, 1.807) is 12.1 Å².